The molecule has 2 N–H and O–H groups in total. The average Bonchev–Trinajstić information content (AvgIpc) is 2.48. The van der Waals surface area contributed by atoms with E-state index in [4.69, 9.17) is 5.26 Å². The Morgan fingerprint density at radius 1 is 1.29 bits per heavy atom. The van der Waals surface area contributed by atoms with Gasteiger partial charge in [0.1, 0.15) is 5.82 Å². The fraction of sp³-hybridized carbons (Fsp3) is 0.214. The van der Waals surface area contributed by atoms with Gasteiger partial charge in [0.25, 0.3) is 0 Å². The quantitative estimate of drug-likeness (QED) is 0.724. The highest BCUT2D eigenvalue weighted by Gasteiger charge is 2.04. The molecule has 0 aliphatic rings. The molecule has 1 heterocycles. The lowest BCUT2D eigenvalue weighted by atomic mass is 10.2. The van der Waals surface area contributed by atoms with Crippen LogP contribution in [0.4, 0.5) is 17.5 Å². The smallest absolute Gasteiger partial charge is 0.229 e. The van der Waals surface area contributed by atoms with Crippen molar-refractivity contribution >= 4 is 52.5 Å². The van der Waals surface area contributed by atoms with E-state index < -0.39 is 0 Å². The van der Waals surface area contributed by atoms with Crippen LogP contribution in [0.25, 0.3) is 0 Å². The molecule has 21 heavy (non-hydrogen) atoms. The zero-order valence-electron chi connectivity index (χ0n) is 11.4. The molecule has 0 spiro atoms. The molecule has 0 fully saturated rings. The zero-order chi connectivity index (χ0) is 14.4. The summed E-state index contributed by atoms with van der Waals surface area (Å²) in [4.78, 5) is 8.69. The van der Waals surface area contributed by atoms with E-state index >= 15 is 0 Å². The molecule has 7 heteroatoms. The molecule has 2 aromatic rings. The van der Waals surface area contributed by atoms with Gasteiger partial charge < -0.3 is 10.6 Å². The molecule has 5 nitrogen and oxygen atoms in total. The van der Waals surface area contributed by atoms with Crippen molar-refractivity contribution in [3.63, 3.8) is 0 Å². The summed E-state index contributed by atoms with van der Waals surface area (Å²) in [6.45, 7) is 2.99. The number of anilines is 3. The standard InChI is InChI=1S/C14H14IN5.ClH/c1-2-7-17-13-12(15)9-18-14(20-13)19-11-5-3-10(8-16)4-6-11;/h3-6,9H,2,7H2,1H3,(H2,17,18,19,20);1H. The van der Waals surface area contributed by atoms with Crippen molar-refractivity contribution in [1.29, 1.82) is 5.26 Å². The summed E-state index contributed by atoms with van der Waals surface area (Å²) >= 11 is 2.21. The Morgan fingerprint density at radius 3 is 2.62 bits per heavy atom. The summed E-state index contributed by atoms with van der Waals surface area (Å²) < 4.78 is 0.987. The van der Waals surface area contributed by atoms with Gasteiger partial charge in [0.15, 0.2) is 0 Å². The van der Waals surface area contributed by atoms with Crippen LogP contribution in [0.3, 0.4) is 0 Å². The molecule has 0 aliphatic heterocycles. The molecular weight excluding hydrogens is 401 g/mol. The SMILES string of the molecule is CCCNc1nc(Nc2ccc(C#N)cc2)ncc1I.Cl. The first-order valence-electron chi connectivity index (χ1n) is 6.26. The molecule has 1 aromatic heterocycles. The third-order valence-electron chi connectivity index (χ3n) is 2.56. The summed E-state index contributed by atoms with van der Waals surface area (Å²) in [6.07, 6.45) is 2.82. The van der Waals surface area contributed by atoms with Crippen molar-refractivity contribution in [3.05, 3.63) is 39.6 Å². The number of halogens is 2. The number of benzene rings is 1. The first-order chi connectivity index (χ1) is 9.72. The molecule has 0 atom stereocenters. The Morgan fingerprint density at radius 2 is 2.00 bits per heavy atom. The second-order valence-corrected chi connectivity index (χ2v) is 5.29. The lowest BCUT2D eigenvalue weighted by Crippen LogP contribution is -2.06. The molecule has 0 saturated carbocycles. The van der Waals surface area contributed by atoms with Crippen LogP contribution >= 0.6 is 35.0 Å². The van der Waals surface area contributed by atoms with E-state index in [0.717, 1.165) is 28.0 Å². The van der Waals surface area contributed by atoms with Crippen molar-refractivity contribution in [2.75, 3.05) is 17.2 Å². The van der Waals surface area contributed by atoms with Gasteiger partial charge in [-0.25, -0.2) is 4.98 Å². The van der Waals surface area contributed by atoms with Gasteiger partial charge in [-0.05, 0) is 53.3 Å². The molecule has 0 unspecified atom stereocenters. The number of nitriles is 1. The zero-order valence-corrected chi connectivity index (χ0v) is 14.4. The van der Waals surface area contributed by atoms with Crippen molar-refractivity contribution in [1.82, 2.24) is 9.97 Å². The molecular formula is C14H15ClIN5. The van der Waals surface area contributed by atoms with Crippen LogP contribution in [0, 0.1) is 14.9 Å². The lowest BCUT2D eigenvalue weighted by Gasteiger charge is -2.09. The van der Waals surface area contributed by atoms with Crippen molar-refractivity contribution in [2.45, 2.75) is 13.3 Å². The van der Waals surface area contributed by atoms with Gasteiger partial charge >= 0.3 is 0 Å². The van der Waals surface area contributed by atoms with Gasteiger partial charge in [0, 0.05) is 18.4 Å². The fourth-order valence-electron chi connectivity index (χ4n) is 1.55. The normalized spacial score (nSPS) is 9.38. The predicted octanol–water partition coefficient (Wildman–Crippen LogP) is 3.94. The first-order valence-corrected chi connectivity index (χ1v) is 7.34. The summed E-state index contributed by atoms with van der Waals surface area (Å²) in [5.41, 5.74) is 1.48. The number of rotatable bonds is 5. The van der Waals surface area contributed by atoms with Gasteiger partial charge in [-0.15, -0.1) is 12.4 Å². The lowest BCUT2D eigenvalue weighted by molar-refractivity contribution is 0.963. The topological polar surface area (TPSA) is 73.6 Å². The minimum Gasteiger partial charge on any atom is -0.369 e. The van der Waals surface area contributed by atoms with E-state index in [1.54, 1.807) is 18.3 Å². The molecule has 0 radical (unpaired) electrons. The van der Waals surface area contributed by atoms with Crippen molar-refractivity contribution < 1.29 is 0 Å². The van der Waals surface area contributed by atoms with E-state index in [2.05, 4.69) is 56.2 Å². The maximum atomic E-state index is 8.76. The van der Waals surface area contributed by atoms with Gasteiger partial charge in [-0.1, -0.05) is 6.92 Å². The Kier molecular flexibility index (Phi) is 7.19. The minimum absolute atomic E-state index is 0. The van der Waals surface area contributed by atoms with Crippen molar-refractivity contribution in [2.24, 2.45) is 0 Å². The van der Waals surface area contributed by atoms with Gasteiger partial charge in [0.05, 0.1) is 15.2 Å². The molecule has 0 saturated heterocycles. The third-order valence-corrected chi connectivity index (χ3v) is 3.35. The van der Waals surface area contributed by atoms with Crippen LogP contribution in [0.5, 0.6) is 0 Å². The van der Waals surface area contributed by atoms with E-state index in [1.807, 2.05) is 12.1 Å². The van der Waals surface area contributed by atoms with Crippen LogP contribution in [-0.4, -0.2) is 16.5 Å². The molecule has 1 aromatic carbocycles. The van der Waals surface area contributed by atoms with Gasteiger partial charge in [-0.3, -0.25) is 0 Å². The molecule has 0 amide bonds. The summed E-state index contributed by atoms with van der Waals surface area (Å²) in [5.74, 6) is 1.37. The van der Waals surface area contributed by atoms with E-state index in [-0.39, 0.29) is 12.4 Å². The Hall–Kier alpha value is -1.59. The second-order valence-electron chi connectivity index (χ2n) is 4.13. The third kappa shape index (κ3) is 5.02. The van der Waals surface area contributed by atoms with Crippen LogP contribution < -0.4 is 10.6 Å². The predicted molar refractivity (Wildman–Crippen MR) is 95.2 cm³/mol. The number of nitrogens with one attached hydrogen (secondary N) is 2. The molecule has 0 bridgehead atoms. The summed E-state index contributed by atoms with van der Waals surface area (Å²) in [6, 6.07) is 9.26. The number of aromatic nitrogens is 2. The number of hydrogen-bond donors (Lipinski definition) is 2. The summed E-state index contributed by atoms with van der Waals surface area (Å²) in [7, 11) is 0. The Bertz CT molecular complexity index is 624. The average molecular weight is 416 g/mol. The Labute approximate surface area is 143 Å². The van der Waals surface area contributed by atoms with E-state index in [1.165, 1.54) is 0 Å². The number of nitrogens with zero attached hydrogens (tertiary/aromatic N) is 3. The highest BCUT2D eigenvalue weighted by Crippen LogP contribution is 2.19. The summed E-state index contributed by atoms with van der Waals surface area (Å²) in [5, 5.41) is 15.2. The van der Waals surface area contributed by atoms with E-state index in [9.17, 15) is 0 Å². The van der Waals surface area contributed by atoms with Crippen LogP contribution in [0.15, 0.2) is 30.5 Å². The first kappa shape index (κ1) is 17.5. The molecule has 110 valence electrons. The van der Waals surface area contributed by atoms with Crippen LogP contribution in [0.2, 0.25) is 0 Å². The maximum Gasteiger partial charge on any atom is 0.229 e. The monoisotopic (exact) mass is 415 g/mol. The van der Waals surface area contributed by atoms with Crippen LogP contribution in [-0.2, 0) is 0 Å². The highest BCUT2D eigenvalue weighted by atomic mass is 127. The van der Waals surface area contributed by atoms with Crippen LogP contribution in [0.1, 0.15) is 18.9 Å². The fourth-order valence-corrected chi connectivity index (χ4v) is 2.00. The van der Waals surface area contributed by atoms with Gasteiger partial charge in [-0.2, -0.15) is 10.2 Å². The molecule has 2 rings (SSSR count). The largest absolute Gasteiger partial charge is 0.369 e. The van der Waals surface area contributed by atoms with E-state index in [0.29, 0.717) is 11.5 Å². The minimum atomic E-state index is 0. The highest BCUT2D eigenvalue weighted by molar-refractivity contribution is 14.1. The number of hydrogen-bond acceptors (Lipinski definition) is 5. The maximum absolute atomic E-state index is 8.76. The van der Waals surface area contributed by atoms with Crippen molar-refractivity contribution in [3.8, 4) is 6.07 Å². The van der Waals surface area contributed by atoms with Gasteiger partial charge in [0.2, 0.25) is 5.95 Å². The molecule has 0 aliphatic carbocycles. The second kappa shape index (κ2) is 8.64. The Balaban J connectivity index is 0.00000220.